The van der Waals surface area contributed by atoms with Gasteiger partial charge in [-0.1, -0.05) is 20.8 Å². The fourth-order valence-corrected chi connectivity index (χ4v) is 4.26. The number of hydrogen-bond donors (Lipinski definition) is 2. The fourth-order valence-electron chi connectivity index (χ4n) is 3.32. The van der Waals surface area contributed by atoms with Gasteiger partial charge < -0.3 is 19.8 Å². The first-order valence-corrected chi connectivity index (χ1v) is 12.2. The highest BCUT2D eigenvalue weighted by molar-refractivity contribution is 14.0. The molecule has 0 aliphatic carbocycles. The monoisotopic (exact) mass is 575 g/mol. The van der Waals surface area contributed by atoms with Crippen molar-refractivity contribution in [3.05, 3.63) is 40.2 Å². The molecule has 0 amide bonds. The minimum atomic E-state index is 0. The van der Waals surface area contributed by atoms with Gasteiger partial charge in [0.15, 0.2) is 5.96 Å². The summed E-state index contributed by atoms with van der Waals surface area (Å²) in [5, 5.41) is 10.3. The van der Waals surface area contributed by atoms with E-state index in [0.29, 0.717) is 0 Å². The van der Waals surface area contributed by atoms with Crippen LogP contribution in [0.5, 0.6) is 0 Å². The van der Waals surface area contributed by atoms with Crippen LogP contribution in [-0.2, 0) is 23.0 Å². The second-order valence-electron chi connectivity index (χ2n) is 8.86. The summed E-state index contributed by atoms with van der Waals surface area (Å²) in [5.41, 5.74) is 1.25. The molecule has 2 N–H and O–H groups in total. The van der Waals surface area contributed by atoms with Crippen LogP contribution in [0.4, 0.5) is 0 Å². The molecule has 0 atom stereocenters. The number of thiazole rings is 1. The molecule has 0 unspecified atom stereocenters. The lowest BCUT2D eigenvalue weighted by atomic mass is 9.98. The zero-order valence-electron chi connectivity index (χ0n) is 19.6. The third-order valence-corrected chi connectivity index (χ3v) is 6.43. The van der Waals surface area contributed by atoms with Crippen molar-refractivity contribution in [3.63, 3.8) is 0 Å². The lowest BCUT2D eigenvalue weighted by Crippen LogP contribution is -2.40. The van der Waals surface area contributed by atoms with Crippen molar-refractivity contribution in [2.45, 2.75) is 45.4 Å². The lowest BCUT2D eigenvalue weighted by Gasteiger charge is -2.26. The van der Waals surface area contributed by atoms with Crippen molar-refractivity contribution in [1.29, 1.82) is 0 Å². The number of ether oxygens (including phenoxy) is 1. The van der Waals surface area contributed by atoms with Crippen molar-refractivity contribution in [3.8, 4) is 0 Å². The van der Waals surface area contributed by atoms with Gasteiger partial charge in [-0.2, -0.15) is 0 Å². The average Bonchev–Trinajstić information content (AvgIpc) is 3.43. The molecule has 0 saturated carbocycles. The number of morpholine rings is 1. The van der Waals surface area contributed by atoms with Crippen LogP contribution in [0.3, 0.4) is 0 Å². The highest BCUT2D eigenvalue weighted by Gasteiger charge is 2.17. The molecule has 0 radical (unpaired) electrons. The van der Waals surface area contributed by atoms with E-state index in [9.17, 15) is 0 Å². The average molecular weight is 576 g/mol. The van der Waals surface area contributed by atoms with Crippen molar-refractivity contribution in [1.82, 2.24) is 20.5 Å². The summed E-state index contributed by atoms with van der Waals surface area (Å²) >= 11 is 1.75. The Bertz CT molecular complexity index is 783. The highest BCUT2D eigenvalue weighted by Crippen LogP contribution is 2.25. The van der Waals surface area contributed by atoms with Gasteiger partial charge in [-0.15, -0.1) is 35.3 Å². The molecule has 2 aromatic heterocycles. The Morgan fingerprint density at radius 1 is 1.19 bits per heavy atom. The Hall–Kier alpha value is -1.17. The minimum Gasteiger partial charge on any atom is -0.469 e. The lowest BCUT2D eigenvalue weighted by molar-refractivity contribution is 0.0377. The Balaban J connectivity index is 0.00000363. The highest BCUT2D eigenvalue weighted by atomic mass is 127. The first-order chi connectivity index (χ1) is 15.0. The Labute approximate surface area is 213 Å². The molecular weight excluding hydrogens is 537 g/mol. The largest absolute Gasteiger partial charge is 0.469 e. The molecule has 7 nitrogen and oxygen atoms in total. The van der Waals surface area contributed by atoms with Gasteiger partial charge in [-0.05, 0) is 18.6 Å². The van der Waals surface area contributed by atoms with Crippen LogP contribution in [-0.4, -0.2) is 68.3 Å². The Morgan fingerprint density at radius 3 is 2.59 bits per heavy atom. The predicted octanol–water partition coefficient (Wildman–Crippen LogP) is 3.69. The summed E-state index contributed by atoms with van der Waals surface area (Å²) in [6.07, 6.45) is 4.49. The van der Waals surface area contributed by atoms with E-state index in [1.165, 1.54) is 5.01 Å². The van der Waals surface area contributed by atoms with Crippen molar-refractivity contribution in [2.24, 2.45) is 4.99 Å². The van der Waals surface area contributed by atoms with Crippen LogP contribution in [0, 0.1) is 0 Å². The number of halogens is 1. The summed E-state index contributed by atoms with van der Waals surface area (Å²) in [5.74, 6) is 1.84. The van der Waals surface area contributed by atoms with Gasteiger partial charge in [0.05, 0.1) is 30.2 Å². The number of aliphatic imine (C=N–C) groups is 1. The number of nitrogens with zero attached hydrogens (tertiary/aromatic N) is 3. The van der Waals surface area contributed by atoms with Crippen molar-refractivity contribution in [2.75, 3.05) is 52.5 Å². The second kappa shape index (κ2) is 14.2. The van der Waals surface area contributed by atoms with Crippen molar-refractivity contribution >= 4 is 41.3 Å². The first kappa shape index (κ1) is 27.1. The molecule has 32 heavy (non-hydrogen) atoms. The van der Waals surface area contributed by atoms with Crippen LogP contribution >= 0.6 is 35.3 Å². The molecule has 180 valence electrons. The number of furan rings is 1. The van der Waals surface area contributed by atoms with Crippen LogP contribution in [0.2, 0.25) is 0 Å². The molecule has 1 fully saturated rings. The van der Waals surface area contributed by atoms with Crippen LogP contribution < -0.4 is 10.6 Å². The standard InChI is InChI=1S/C23H37N5O2S.HI/c1-23(2,3)21-27-19(18-31-21)7-10-25-22(26-11-8-20-6-4-15-30-20)24-9-5-12-28-13-16-29-17-14-28;/h4,6,15,18H,5,7-14,16-17H2,1-3H3,(H2,24,25,26);1H. The van der Waals surface area contributed by atoms with E-state index >= 15 is 0 Å². The molecule has 2 aromatic rings. The number of guanidine groups is 1. The van der Waals surface area contributed by atoms with Gasteiger partial charge in [-0.3, -0.25) is 9.89 Å². The third kappa shape index (κ3) is 9.76. The summed E-state index contributed by atoms with van der Waals surface area (Å²) in [4.78, 5) is 12.0. The summed E-state index contributed by atoms with van der Waals surface area (Å²) in [6, 6.07) is 3.93. The third-order valence-electron chi connectivity index (χ3n) is 5.12. The summed E-state index contributed by atoms with van der Waals surface area (Å²) in [6.45, 7) is 13.8. The summed E-state index contributed by atoms with van der Waals surface area (Å²) < 4.78 is 10.8. The number of hydrogen-bond acceptors (Lipinski definition) is 6. The first-order valence-electron chi connectivity index (χ1n) is 11.3. The summed E-state index contributed by atoms with van der Waals surface area (Å²) in [7, 11) is 0. The van der Waals surface area contributed by atoms with Gasteiger partial charge in [-0.25, -0.2) is 4.98 Å². The molecule has 3 rings (SSSR count). The molecule has 0 spiro atoms. The van der Waals surface area contributed by atoms with Gasteiger partial charge in [0.25, 0.3) is 0 Å². The topological polar surface area (TPSA) is 74.9 Å². The molecule has 9 heteroatoms. The zero-order valence-corrected chi connectivity index (χ0v) is 22.7. The molecule has 1 aliphatic heterocycles. The van der Waals surface area contributed by atoms with E-state index in [2.05, 4.69) is 41.7 Å². The number of rotatable bonds is 10. The zero-order chi connectivity index (χ0) is 21.9. The van der Waals surface area contributed by atoms with Gasteiger partial charge in [0.2, 0.25) is 0 Å². The molecule has 0 aromatic carbocycles. The quantitative estimate of drug-likeness (QED) is 0.195. The van der Waals surface area contributed by atoms with Gasteiger partial charge in [0.1, 0.15) is 5.76 Å². The van der Waals surface area contributed by atoms with E-state index in [0.717, 1.165) is 89.2 Å². The minimum absolute atomic E-state index is 0. The van der Waals surface area contributed by atoms with E-state index in [1.807, 2.05) is 12.1 Å². The SMILES string of the molecule is CC(C)(C)c1nc(CCNC(=NCCCN2CCOCC2)NCCc2ccco2)cs1.I. The Morgan fingerprint density at radius 2 is 1.94 bits per heavy atom. The maximum absolute atomic E-state index is 5.43. The van der Waals surface area contributed by atoms with E-state index < -0.39 is 0 Å². The maximum atomic E-state index is 5.43. The van der Waals surface area contributed by atoms with Crippen LogP contribution in [0.15, 0.2) is 33.2 Å². The van der Waals surface area contributed by atoms with E-state index in [1.54, 1.807) is 17.6 Å². The van der Waals surface area contributed by atoms with Gasteiger partial charge >= 0.3 is 0 Å². The smallest absolute Gasteiger partial charge is 0.191 e. The number of nitrogens with one attached hydrogen (secondary N) is 2. The van der Waals surface area contributed by atoms with Crippen molar-refractivity contribution < 1.29 is 9.15 Å². The number of aromatic nitrogens is 1. The molecular formula is C23H38IN5O2S. The van der Waals surface area contributed by atoms with E-state index in [4.69, 9.17) is 19.1 Å². The molecule has 3 heterocycles. The van der Waals surface area contributed by atoms with Crippen LogP contribution in [0.1, 0.15) is 43.7 Å². The predicted molar refractivity (Wildman–Crippen MR) is 143 cm³/mol. The molecule has 0 bridgehead atoms. The fraction of sp³-hybridized carbons (Fsp3) is 0.652. The van der Waals surface area contributed by atoms with Crippen LogP contribution in [0.25, 0.3) is 0 Å². The molecule has 1 aliphatic rings. The van der Waals surface area contributed by atoms with E-state index in [-0.39, 0.29) is 29.4 Å². The van der Waals surface area contributed by atoms with Gasteiger partial charge in [0, 0.05) is 62.9 Å². The second-order valence-corrected chi connectivity index (χ2v) is 9.72. The normalized spacial score (nSPS) is 15.4. The molecule has 1 saturated heterocycles. The Kier molecular flexibility index (Phi) is 12.0. The maximum Gasteiger partial charge on any atom is 0.191 e.